The molecule has 112 valence electrons. The third kappa shape index (κ3) is 4.91. The molecule has 0 amide bonds. The first-order valence-corrected chi connectivity index (χ1v) is 7.07. The smallest absolute Gasteiger partial charge is 0.232 e. The first kappa shape index (κ1) is 15.6. The highest BCUT2D eigenvalue weighted by Gasteiger charge is 2.04. The van der Waals surface area contributed by atoms with Gasteiger partial charge in [-0.2, -0.15) is 0 Å². The van der Waals surface area contributed by atoms with Gasteiger partial charge in [0.1, 0.15) is 23.8 Å². The summed E-state index contributed by atoms with van der Waals surface area (Å²) >= 11 is 11.7. The van der Waals surface area contributed by atoms with E-state index in [1.165, 1.54) is 12.5 Å². The summed E-state index contributed by atoms with van der Waals surface area (Å²) in [5.41, 5.74) is 0. The summed E-state index contributed by atoms with van der Waals surface area (Å²) in [6, 6.07) is 3.30. The number of hydrogen-bond acceptors (Lipinski definition) is 6. The molecule has 2 heterocycles. The van der Waals surface area contributed by atoms with Crippen LogP contribution in [0.25, 0.3) is 0 Å². The second kappa shape index (κ2) is 7.85. The van der Waals surface area contributed by atoms with Gasteiger partial charge in [-0.05, 0) is 13.0 Å². The molecule has 0 aliphatic carbocycles. The molecule has 0 fully saturated rings. The average Bonchev–Trinajstić information content (AvgIpc) is 2.46. The van der Waals surface area contributed by atoms with Crippen LogP contribution in [-0.4, -0.2) is 34.7 Å². The van der Waals surface area contributed by atoms with Crippen molar-refractivity contribution in [2.75, 3.05) is 25.1 Å². The fourth-order valence-electron chi connectivity index (χ4n) is 1.50. The van der Waals surface area contributed by atoms with Gasteiger partial charge in [-0.3, -0.25) is 0 Å². The number of rotatable bonds is 7. The van der Waals surface area contributed by atoms with Crippen LogP contribution >= 0.6 is 23.2 Å². The van der Waals surface area contributed by atoms with Crippen molar-refractivity contribution in [2.45, 2.75) is 6.92 Å². The molecule has 2 aromatic heterocycles. The van der Waals surface area contributed by atoms with Crippen molar-refractivity contribution in [3.63, 3.8) is 0 Å². The molecule has 0 aliphatic rings. The number of nitrogens with zero attached hydrogens (tertiary/aromatic N) is 3. The molecule has 8 heteroatoms. The van der Waals surface area contributed by atoms with Crippen LogP contribution in [-0.2, 0) is 0 Å². The van der Waals surface area contributed by atoms with E-state index in [0.29, 0.717) is 47.4 Å². The van der Waals surface area contributed by atoms with Gasteiger partial charge in [0, 0.05) is 12.3 Å². The first-order chi connectivity index (χ1) is 10.2. The lowest BCUT2D eigenvalue weighted by atomic mass is 10.5. The van der Waals surface area contributed by atoms with Crippen LogP contribution < -0.4 is 14.8 Å². The van der Waals surface area contributed by atoms with E-state index in [2.05, 4.69) is 20.3 Å². The van der Waals surface area contributed by atoms with Crippen LogP contribution in [0, 0.1) is 0 Å². The van der Waals surface area contributed by atoms with Crippen LogP contribution in [0.5, 0.6) is 11.8 Å². The maximum absolute atomic E-state index is 5.95. The molecule has 2 aromatic rings. The Bertz CT molecular complexity index is 598. The fourth-order valence-corrected chi connectivity index (χ4v) is 1.93. The maximum atomic E-state index is 5.95. The molecule has 0 atom stereocenters. The Labute approximate surface area is 132 Å². The zero-order valence-corrected chi connectivity index (χ0v) is 12.9. The minimum atomic E-state index is 0.348. The topological polar surface area (TPSA) is 69.2 Å². The lowest BCUT2D eigenvalue weighted by Gasteiger charge is -2.09. The van der Waals surface area contributed by atoms with E-state index in [9.17, 15) is 0 Å². The zero-order chi connectivity index (χ0) is 15.1. The average molecular weight is 329 g/mol. The Morgan fingerprint density at radius 2 is 2.00 bits per heavy atom. The summed E-state index contributed by atoms with van der Waals surface area (Å²) in [4.78, 5) is 12.1. The molecule has 0 aliphatic heterocycles. The van der Waals surface area contributed by atoms with Gasteiger partial charge in [0.25, 0.3) is 0 Å². The van der Waals surface area contributed by atoms with Gasteiger partial charge in [-0.15, -0.1) is 0 Å². The van der Waals surface area contributed by atoms with E-state index < -0.39 is 0 Å². The van der Waals surface area contributed by atoms with Crippen LogP contribution in [0.3, 0.4) is 0 Å². The molecule has 0 radical (unpaired) electrons. The molecule has 0 spiro atoms. The normalized spacial score (nSPS) is 10.2. The summed E-state index contributed by atoms with van der Waals surface area (Å²) in [5.74, 6) is 1.53. The van der Waals surface area contributed by atoms with Gasteiger partial charge in [-0.25, -0.2) is 15.0 Å². The first-order valence-electron chi connectivity index (χ1n) is 6.31. The van der Waals surface area contributed by atoms with E-state index in [-0.39, 0.29) is 0 Å². The number of hydrogen-bond donors (Lipinski definition) is 1. The van der Waals surface area contributed by atoms with Crippen LogP contribution in [0.2, 0.25) is 10.0 Å². The molecule has 21 heavy (non-hydrogen) atoms. The van der Waals surface area contributed by atoms with Gasteiger partial charge in [0.05, 0.1) is 18.2 Å². The minimum Gasteiger partial charge on any atom is -0.478 e. The van der Waals surface area contributed by atoms with Crippen molar-refractivity contribution in [3.8, 4) is 11.8 Å². The third-order valence-electron chi connectivity index (χ3n) is 2.36. The van der Waals surface area contributed by atoms with Crippen LogP contribution in [0.15, 0.2) is 24.7 Å². The summed E-state index contributed by atoms with van der Waals surface area (Å²) in [7, 11) is 0. The fraction of sp³-hybridized carbons (Fsp3) is 0.308. The SMILES string of the molecule is CCOc1cc(NCCOc2ncc(Cl)cc2Cl)ncn1. The third-order valence-corrected chi connectivity index (χ3v) is 2.83. The van der Waals surface area contributed by atoms with E-state index in [4.69, 9.17) is 32.7 Å². The number of anilines is 1. The number of nitrogens with one attached hydrogen (secondary N) is 1. The predicted molar refractivity (Wildman–Crippen MR) is 81.4 cm³/mol. The second-order valence-electron chi connectivity index (χ2n) is 3.89. The number of aromatic nitrogens is 3. The van der Waals surface area contributed by atoms with Gasteiger partial charge >= 0.3 is 0 Å². The quantitative estimate of drug-likeness (QED) is 0.788. The summed E-state index contributed by atoms with van der Waals surface area (Å²) < 4.78 is 10.7. The van der Waals surface area contributed by atoms with E-state index in [1.807, 2.05) is 6.92 Å². The number of pyridine rings is 1. The molecular weight excluding hydrogens is 315 g/mol. The van der Waals surface area contributed by atoms with Crippen molar-refractivity contribution >= 4 is 29.0 Å². The Balaban J connectivity index is 1.80. The monoisotopic (exact) mass is 328 g/mol. The lowest BCUT2D eigenvalue weighted by molar-refractivity contribution is 0.319. The van der Waals surface area contributed by atoms with Crippen molar-refractivity contribution in [2.24, 2.45) is 0 Å². The number of ether oxygens (including phenoxy) is 2. The van der Waals surface area contributed by atoms with Gasteiger partial charge < -0.3 is 14.8 Å². The molecule has 0 aromatic carbocycles. The second-order valence-corrected chi connectivity index (χ2v) is 4.73. The van der Waals surface area contributed by atoms with E-state index in [0.717, 1.165) is 0 Å². The lowest BCUT2D eigenvalue weighted by Crippen LogP contribution is -2.13. The van der Waals surface area contributed by atoms with Crippen molar-refractivity contribution in [1.82, 2.24) is 15.0 Å². The molecule has 1 N–H and O–H groups in total. The van der Waals surface area contributed by atoms with Gasteiger partial charge in [-0.1, -0.05) is 23.2 Å². The van der Waals surface area contributed by atoms with Gasteiger partial charge in [0.2, 0.25) is 11.8 Å². The Morgan fingerprint density at radius 1 is 1.14 bits per heavy atom. The minimum absolute atomic E-state index is 0.348. The Morgan fingerprint density at radius 3 is 2.76 bits per heavy atom. The zero-order valence-electron chi connectivity index (χ0n) is 11.3. The molecule has 2 rings (SSSR count). The van der Waals surface area contributed by atoms with Crippen LogP contribution in [0.4, 0.5) is 5.82 Å². The number of halogens is 2. The van der Waals surface area contributed by atoms with E-state index in [1.54, 1.807) is 12.1 Å². The molecule has 0 saturated heterocycles. The summed E-state index contributed by atoms with van der Waals surface area (Å²) in [6.45, 7) is 3.36. The highest BCUT2D eigenvalue weighted by Crippen LogP contribution is 2.24. The summed E-state index contributed by atoms with van der Waals surface area (Å²) in [5, 5.41) is 3.94. The Kier molecular flexibility index (Phi) is 5.83. The molecule has 6 nitrogen and oxygen atoms in total. The maximum Gasteiger partial charge on any atom is 0.232 e. The Hall–Kier alpha value is -1.79. The molecule has 0 unspecified atom stereocenters. The largest absolute Gasteiger partial charge is 0.478 e. The molecule has 0 bridgehead atoms. The van der Waals surface area contributed by atoms with Crippen molar-refractivity contribution < 1.29 is 9.47 Å². The predicted octanol–water partition coefficient (Wildman–Crippen LogP) is 3.07. The van der Waals surface area contributed by atoms with E-state index >= 15 is 0 Å². The molecular formula is C13H14Cl2N4O2. The summed E-state index contributed by atoms with van der Waals surface area (Å²) in [6.07, 6.45) is 2.92. The highest BCUT2D eigenvalue weighted by molar-refractivity contribution is 6.35. The standard InChI is InChI=1S/C13H14Cl2N4O2/c1-2-20-12-6-11(18-8-19-12)16-3-4-21-13-10(15)5-9(14)7-17-13/h5-8H,2-4H2,1H3,(H,16,18,19). The van der Waals surface area contributed by atoms with Crippen molar-refractivity contribution in [3.05, 3.63) is 34.7 Å². The van der Waals surface area contributed by atoms with Gasteiger partial charge in [0.15, 0.2) is 0 Å². The highest BCUT2D eigenvalue weighted by atomic mass is 35.5. The van der Waals surface area contributed by atoms with Crippen molar-refractivity contribution in [1.29, 1.82) is 0 Å². The van der Waals surface area contributed by atoms with Crippen LogP contribution in [0.1, 0.15) is 6.92 Å². The molecule has 0 saturated carbocycles.